The Morgan fingerprint density at radius 3 is 2.60 bits per heavy atom. The van der Waals surface area contributed by atoms with Gasteiger partial charge in [0.1, 0.15) is 6.54 Å². The maximum absolute atomic E-state index is 12.0. The smallest absolute Gasteiger partial charge is 0.322 e. The molecule has 0 saturated carbocycles. The molecule has 0 aliphatic carbocycles. The van der Waals surface area contributed by atoms with Crippen molar-refractivity contribution in [2.24, 2.45) is 0 Å². The molecular weight excluding hydrogens is 280 g/mol. The van der Waals surface area contributed by atoms with Gasteiger partial charge in [0, 0.05) is 15.5 Å². The lowest BCUT2D eigenvalue weighted by molar-refractivity contribution is -0.137. The van der Waals surface area contributed by atoms with Gasteiger partial charge in [-0.25, -0.2) is 0 Å². The van der Waals surface area contributed by atoms with Crippen LogP contribution in [0.3, 0.4) is 0 Å². The molecule has 0 saturated heterocycles. The number of hydrogen-bond acceptors (Lipinski definition) is 4. The number of fused-ring (bicyclic) bond motifs is 1. The number of nitrogens with one attached hydrogen (secondary N) is 2. The second-order valence-electron chi connectivity index (χ2n) is 4.00. The molecule has 1 aromatic carbocycles. The molecule has 0 bridgehead atoms. The standard InChI is InChI=1S/C13H12N2O4S/c16-11(14-6-12(17)18)5-15-13(19)9-7-20-10-4-2-1-3-8(9)10/h1-4,7H,5-6H2,(H,14,16)(H,15,19)(H,17,18). The summed E-state index contributed by atoms with van der Waals surface area (Å²) in [7, 11) is 0. The van der Waals surface area contributed by atoms with Crippen molar-refractivity contribution in [3.63, 3.8) is 0 Å². The SMILES string of the molecule is O=C(O)CNC(=O)CNC(=O)c1csc2ccccc12. The zero-order valence-corrected chi connectivity index (χ0v) is 11.2. The first-order valence-corrected chi connectivity index (χ1v) is 6.69. The highest BCUT2D eigenvalue weighted by Gasteiger charge is 2.13. The summed E-state index contributed by atoms with van der Waals surface area (Å²) < 4.78 is 0.993. The Hall–Kier alpha value is -2.41. The zero-order chi connectivity index (χ0) is 14.5. The Labute approximate surface area is 118 Å². The molecule has 0 spiro atoms. The zero-order valence-electron chi connectivity index (χ0n) is 10.4. The van der Waals surface area contributed by atoms with Gasteiger partial charge in [-0.15, -0.1) is 11.3 Å². The van der Waals surface area contributed by atoms with Gasteiger partial charge in [-0.1, -0.05) is 18.2 Å². The molecule has 6 nitrogen and oxygen atoms in total. The van der Waals surface area contributed by atoms with Crippen LogP contribution in [-0.4, -0.2) is 36.0 Å². The van der Waals surface area contributed by atoms with E-state index in [2.05, 4.69) is 10.6 Å². The van der Waals surface area contributed by atoms with E-state index in [-0.39, 0.29) is 12.5 Å². The third-order valence-electron chi connectivity index (χ3n) is 2.57. The Morgan fingerprint density at radius 2 is 1.85 bits per heavy atom. The normalized spacial score (nSPS) is 10.2. The van der Waals surface area contributed by atoms with Crippen LogP contribution in [0.4, 0.5) is 0 Å². The summed E-state index contributed by atoms with van der Waals surface area (Å²) in [5, 5.41) is 15.6. The van der Waals surface area contributed by atoms with Gasteiger partial charge in [-0.2, -0.15) is 0 Å². The number of carboxylic acid groups (broad SMARTS) is 1. The van der Waals surface area contributed by atoms with Crippen molar-refractivity contribution in [3.05, 3.63) is 35.2 Å². The topological polar surface area (TPSA) is 95.5 Å². The van der Waals surface area contributed by atoms with Gasteiger partial charge in [0.25, 0.3) is 5.91 Å². The van der Waals surface area contributed by atoms with Crippen molar-refractivity contribution in [2.75, 3.05) is 13.1 Å². The van der Waals surface area contributed by atoms with E-state index in [1.165, 1.54) is 11.3 Å². The summed E-state index contributed by atoms with van der Waals surface area (Å²) in [4.78, 5) is 33.5. The van der Waals surface area contributed by atoms with Crippen LogP contribution in [0.1, 0.15) is 10.4 Å². The van der Waals surface area contributed by atoms with Gasteiger partial charge < -0.3 is 15.7 Å². The van der Waals surface area contributed by atoms with E-state index in [9.17, 15) is 14.4 Å². The third kappa shape index (κ3) is 3.33. The van der Waals surface area contributed by atoms with E-state index in [1.54, 1.807) is 5.38 Å². The number of carbonyl (C=O) groups excluding carboxylic acids is 2. The first-order chi connectivity index (χ1) is 9.58. The van der Waals surface area contributed by atoms with Crippen LogP contribution in [0.15, 0.2) is 29.6 Å². The Bertz CT molecular complexity index is 665. The molecule has 1 aromatic heterocycles. The highest BCUT2D eigenvalue weighted by Crippen LogP contribution is 2.25. The van der Waals surface area contributed by atoms with E-state index in [0.29, 0.717) is 5.56 Å². The van der Waals surface area contributed by atoms with Gasteiger partial charge in [0.05, 0.1) is 12.1 Å². The summed E-state index contributed by atoms with van der Waals surface area (Å²) >= 11 is 1.45. The predicted octanol–water partition coefficient (Wildman–Crippen LogP) is 0.832. The van der Waals surface area contributed by atoms with Crippen LogP contribution in [0.5, 0.6) is 0 Å². The lowest BCUT2D eigenvalue weighted by Crippen LogP contribution is -2.38. The van der Waals surface area contributed by atoms with Crippen molar-refractivity contribution in [1.29, 1.82) is 0 Å². The third-order valence-corrected chi connectivity index (χ3v) is 3.54. The fraction of sp³-hybridized carbons (Fsp3) is 0.154. The fourth-order valence-corrected chi connectivity index (χ4v) is 2.59. The molecule has 0 unspecified atom stereocenters. The number of thiophene rings is 1. The summed E-state index contributed by atoms with van der Waals surface area (Å²) in [5.74, 6) is -2.03. The minimum atomic E-state index is -1.13. The predicted molar refractivity (Wildman–Crippen MR) is 74.8 cm³/mol. The van der Waals surface area contributed by atoms with Crippen LogP contribution in [0, 0.1) is 0 Å². The van der Waals surface area contributed by atoms with E-state index in [4.69, 9.17) is 5.11 Å². The molecule has 2 amide bonds. The average Bonchev–Trinajstić information content (AvgIpc) is 2.86. The minimum Gasteiger partial charge on any atom is -0.480 e. The summed E-state index contributed by atoms with van der Waals surface area (Å²) in [6, 6.07) is 7.48. The van der Waals surface area contributed by atoms with Gasteiger partial charge >= 0.3 is 5.97 Å². The molecule has 7 heteroatoms. The molecule has 0 radical (unpaired) electrons. The lowest BCUT2D eigenvalue weighted by Gasteiger charge is -2.04. The maximum Gasteiger partial charge on any atom is 0.322 e. The number of carboxylic acids is 1. The van der Waals surface area contributed by atoms with Crippen molar-refractivity contribution < 1.29 is 19.5 Å². The molecule has 104 valence electrons. The summed E-state index contributed by atoms with van der Waals surface area (Å²) in [6.07, 6.45) is 0. The largest absolute Gasteiger partial charge is 0.480 e. The first kappa shape index (κ1) is 14.0. The van der Waals surface area contributed by atoms with Crippen molar-refractivity contribution in [1.82, 2.24) is 10.6 Å². The Kier molecular flexibility index (Phi) is 4.31. The molecule has 0 aliphatic rings. The van der Waals surface area contributed by atoms with E-state index < -0.39 is 18.4 Å². The molecule has 2 aromatic rings. The van der Waals surface area contributed by atoms with E-state index in [0.717, 1.165) is 10.1 Å². The quantitative estimate of drug-likeness (QED) is 0.760. The van der Waals surface area contributed by atoms with Gasteiger partial charge in [0.2, 0.25) is 5.91 Å². The second-order valence-corrected chi connectivity index (χ2v) is 4.91. The Balaban J connectivity index is 1.95. The van der Waals surface area contributed by atoms with Crippen LogP contribution in [0.2, 0.25) is 0 Å². The molecule has 0 fully saturated rings. The fourth-order valence-electron chi connectivity index (χ4n) is 1.65. The van der Waals surface area contributed by atoms with E-state index in [1.807, 2.05) is 24.3 Å². The summed E-state index contributed by atoms with van der Waals surface area (Å²) in [5.41, 5.74) is 0.511. The van der Waals surface area contributed by atoms with Crippen molar-refractivity contribution in [3.8, 4) is 0 Å². The van der Waals surface area contributed by atoms with Gasteiger partial charge in [-0.05, 0) is 6.07 Å². The van der Waals surface area contributed by atoms with Crippen LogP contribution in [-0.2, 0) is 9.59 Å². The first-order valence-electron chi connectivity index (χ1n) is 5.81. The van der Waals surface area contributed by atoms with E-state index >= 15 is 0 Å². The number of rotatable bonds is 5. The van der Waals surface area contributed by atoms with Crippen LogP contribution >= 0.6 is 11.3 Å². The molecule has 2 rings (SSSR count). The van der Waals surface area contributed by atoms with Crippen LogP contribution < -0.4 is 10.6 Å². The number of amides is 2. The summed E-state index contributed by atoms with van der Waals surface area (Å²) in [6.45, 7) is -0.716. The number of benzene rings is 1. The molecule has 0 atom stereocenters. The number of hydrogen-bond donors (Lipinski definition) is 3. The molecule has 0 aliphatic heterocycles. The van der Waals surface area contributed by atoms with Crippen molar-refractivity contribution in [2.45, 2.75) is 0 Å². The molecule has 3 N–H and O–H groups in total. The molecular formula is C13H12N2O4S. The average molecular weight is 292 g/mol. The van der Waals surface area contributed by atoms with Gasteiger partial charge in [-0.3, -0.25) is 14.4 Å². The maximum atomic E-state index is 12.0. The van der Waals surface area contributed by atoms with Crippen molar-refractivity contribution >= 4 is 39.2 Å². The number of carbonyl (C=O) groups is 3. The number of aliphatic carboxylic acids is 1. The van der Waals surface area contributed by atoms with Crippen LogP contribution in [0.25, 0.3) is 10.1 Å². The highest BCUT2D eigenvalue weighted by molar-refractivity contribution is 7.17. The lowest BCUT2D eigenvalue weighted by atomic mass is 10.1. The highest BCUT2D eigenvalue weighted by atomic mass is 32.1. The van der Waals surface area contributed by atoms with Gasteiger partial charge in [0.15, 0.2) is 0 Å². The molecule has 20 heavy (non-hydrogen) atoms. The monoisotopic (exact) mass is 292 g/mol. The second kappa shape index (κ2) is 6.16. The molecule has 1 heterocycles. The minimum absolute atomic E-state index is 0.254. The Morgan fingerprint density at radius 1 is 1.10 bits per heavy atom.